The number of rotatable bonds is 9. The quantitative estimate of drug-likeness (QED) is 0.583. The van der Waals surface area contributed by atoms with Crippen LogP contribution in [-0.4, -0.2) is 41.0 Å². The zero-order chi connectivity index (χ0) is 20.8. The number of nitrogens with one attached hydrogen (secondary N) is 1. The molecular weight excluding hydrogens is 366 g/mol. The summed E-state index contributed by atoms with van der Waals surface area (Å²) in [6, 6.07) is 13.7. The van der Waals surface area contributed by atoms with Crippen molar-refractivity contribution in [2.45, 2.75) is 26.0 Å². The number of nitrogens with zero attached hydrogens (tertiary/aromatic N) is 2. The van der Waals surface area contributed by atoms with Crippen LogP contribution in [-0.2, 0) is 7.05 Å². The lowest BCUT2D eigenvalue weighted by Gasteiger charge is -2.22. The molecular formula is C23H29N3O3. The molecule has 3 rings (SSSR count). The summed E-state index contributed by atoms with van der Waals surface area (Å²) >= 11 is 0. The minimum absolute atomic E-state index is 0.180. The third-order valence-corrected chi connectivity index (χ3v) is 4.88. The predicted molar refractivity (Wildman–Crippen MR) is 113 cm³/mol. The second kappa shape index (κ2) is 9.58. The van der Waals surface area contributed by atoms with Crippen molar-refractivity contribution in [3.05, 3.63) is 77.4 Å². The van der Waals surface area contributed by atoms with Crippen molar-refractivity contribution in [3.63, 3.8) is 0 Å². The van der Waals surface area contributed by atoms with Crippen LogP contribution < -0.4 is 14.8 Å². The molecule has 0 aliphatic heterocycles. The predicted octanol–water partition coefficient (Wildman–Crippen LogP) is 3.16. The van der Waals surface area contributed by atoms with E-state index in [4.69, 9.17) is 9.47 Å². The van der Waals surface area contributed by atoms with Gasteiger partial charge < -0.3 is 24.5 Å². The van der Waals surface area contributed by atoms with Crippen molar-refractivity contribution >= 4 is 0 Å². The Morgan fingerprint density at radius 1 is 1.17 bits per heavy atom. The highest BCUT2D eigenvalue weighted by Gasteiger charge is 2.20. The Morgan fingerprint density at radius 2 is 2.00 bits per heavy atom. The summed E-state index contributed by atoms with van der Waals surface area (Å²) in [5, 5.41) is 13.9. The van der Waals surface area contributed by atoms with Gasteiger partial charge in [0.1, 0.15) is 30.0 Å². The molecule has 6 nitrogen and oxygen atoms in total. The fourth-order valence-electron chi connectivity index (χ4n) is 3.20. The maximum absolute atomic E-state index is 10.5. The lowest BCUT2D eigenvalue weighted by atomic mass is 10.1. The molecule has 0 saturated heterocycles. The summed E-state index contributed by atoms with van der Waals surface area (Å²) in [5.41, 5.74) is 3.20. The van der Waals surface area contributed by atoms with Gasteiger partial charge in [0.2, 0.25) is 0 Å². The van der Waals surface area contributed by atoms with Crippen molar-refractivity contribution in [3.8, 4) is 11.5 Å². The van der Waals surface area contributed by atoms with E-state index in [0.717, 1.165) is 34.0 Å². The largest absolute Gasteiger partial charge is 0.497 e. The Bertz CT molecular complexity index is 939. The first-order valence-corrected chi connectivity index (χ1v) is 9.70. The van der Waals surface area contributed by atoms with Crippen molar-refractivity contribution in [1.82, 2.24) is 14.9 Å². The second-order valence-electron chi connectivity index (χ2n) is 7.25. The van der Waals surface area contributed by atoms with E-state index in [2.05, 4.69) is 10.3 Å². The van der Waals surface area contributed by atoms with Gasteiger partial charge in [-0.15, -0.1) is 0 Å². The summed E-state index contributed by atoms with van der Waals surface area (Å²) < 4.78 is 13.2. The van der Waals surface area contributed by atoms with Gasteiger partial charge in [-0.1, -0.05) is 24.3 Å². The molecule has 1 heterocycles. The first-order valence-electron chi connectivity index (χ1n) is 9.70. The van der Waals surface area contributed by atoms with E-state index in [1.807, 2.05) is 74.1 Å². The third kappa shape index (κ3) is 5.37. The fraction of sp³-hybridized carbons (Fsp3) is 0.348. The van der Waals surface area contributed by atoms with Crippen LogP contribution in [0.2, 0.25) is 0 Å². The molecule has 0 saturated carbocycles. The Labute approximate surface area is 172 Å². The first-order chi connectivity index (χ1) is 14.0. The van der Waals surface area contributed by atoms with E-state index in [-0.39, 0.29) is 12.6 Å². The van der Waals surface area contributed by atoms with Gasteiger partial charge in [-0.25, -0.2) is 4.98 Å². The van der Waals surface area contributed by atoms with E-state index in [9.17, 15) is 5.11 Å². The molecule has 3 aromatic rings. The van der Waals surface area contributed by atoms with Gasteiger partial charge in [0.25, 0.3) is 0 Å². The Hall–Kier alpha value is -2.83. The molecule has 0 radical (unpaired) electrons. The van der Waals surface area contributed by atoms with Crippen molar-refractivity contribution in [2.75, 3.05) is 20.3 Å². The summed E-state index contributed by atoms with van der Waals surface area (Å²) in [4.78, 5) is 4.49. The molecule has 2 aromatic carbocycles. The molecule has 154 valence electrons. The highest BCUT2D eigenvalue weighted by Crippen LogP contribution is 2.24. The van der Waals surface area contributed by atoms with Crippen molar-refractivity contribution < 1.29 is 14.6 Å². The van der Waals surface area contributed by atoms with Gasteiger partial charge in [0.05, 0.1) is 13.2 Å². The molecule has 6 heteroatoms. The van der Waals surface area contributed by atoms with E-state index in [0.29, 0.717) is 6.54 Å². The van der Waals surface area contributed by atoms with Crippen LogP contribution in [0.25, 0.3) is 0 Å². The summed E-state index contributed by atoms with van der Waals surface area (Å²) in [5.74, 6) is 2.45. The average Bonchev–Trinajstić information content (AvgIpc) is 3.14. The van der Waals surface area contributed by atoms with Gasteiger partial charge in [-0.3, -0.25) is 0 Å². The number of benzene rings is 2. The van der Waals surface area contributed by atoms with Crippen LogP contribution in [0.4, 0.5) is 0 Å². The van der Waals surface area contributed by atoms with Gasteiger partial charge in [-0.2, -0.15) is 0 Å². The minimum Gasteiger partial charge on any atom is -0.497 e. The highest BCUT2D eigenvalue weighted by atomic mass is 16.5. The molecule has 0 bridgehead atoms. The smallest absolute Gasteiger partial charge is 0.130 e. The summed E-state index contributed by atoms with van der Waals surface area (Å²) in [6.07, 6.45) is 3.01. The maximum atomic E-state index is 10.5. The molecule has 0 fully saturated rings. The Kier molecular flexibility index (Phi) is 6.90. The van der Waals surface area contributed by atoms with Gasteiger partial charge in [0.15, 0.2) is 0 Å². The molecule has 0 spiro atoms. The van der Waals surface area contributed by atoms with Crippen LogP contribution in [0.1, 0.15) is 28.6 Å². The Morgan fingerprint density at radius 3 is 2.72 bits per heavy atom. The number of aryl methyl sites for hydroxylation is 3. The van der Waals surface area contributed by atoms with Gasteiger partial charge in [-0.05, 0) is 48.7 Å². The summed E-state index contributed by atoms with van der Waals surface area (Å²) in [7, 11) is 3.61. The minimum atomic E-state index is -0.664. The molecule has 1 aromatic heterocycles. The van der Waals surface area contributed by atoms with Gasteiger partial charge >= 0.3 is 0 Å². The molecule has 2 atom stereocenters. The van der Waals surface area contributed by atoms with Crippen LogP contribution in [0.15, 0.2) is 54.9 Å². The number of imidazole rings is 1. The molecule has 2 N–H and O–H groups in total. The van der Waals surface area contributed by atoms with Crippen LogP contribution in [0.3, 0.4) is 0 Å². The Balaban J connectivity index is 1.68. The maximum Gasteiger partial charge on any atom is 0.130 e. The van der Waals surface area contributed by atoms with Crippen molar-refractivity contribution in [1.29, 1.82) is 0 Å². The number of hydrogen-bond acceptors (Lipinski definition) is 5. The standard InChI is InChI=1S/C23H29N3O3/c1-16-8-9-17(2)21(12-16)29-15-19(27)14-25-22(23-24-10-11-26(23)3)18-6-5-7-20(13-18)28-4/h5-13,19,22,25,27H,14-15H2,1-4H3. The van der Waals surface area contributed by atoms with Crippen LogP contribution in [0, 0.1) is 13.8 Å². The fourth-order valence-corrected chi connectivity index (χ4v) is 3.20. The average molecular weight is 396 g/mol. The second-order valence-corrected chi connectivity index (χ2v) is 7.25. The van der Waals surface area contributed by atoms with E-state index >= 15 is 0 Å². The number of hydrogen-bond donors (Lipinski definition) is 2. The van der Waals surface area contributed by atoms with E-state index < -0.39 is 6.10 Å². The molecule has 0 aliphatic rings. The lowest BCUT2D eigenvalue weighted by Crippen LogP contribution is -2.35. The number of aromatic nitrogens is 2. The lowest BCUT2D eigenvalue weighted by molar-refractivity contribution is 0.104. The zero-order valence-corrected chi connectivity index (χ0v) is 17.4. The van der Waals surface area contributed by atoms with Crippen LogP contribution >= 0.6 is 0 Å². The van der Waals surface area contributed by atoms with Crippen LogP contribution in [0.5, 0.6) is 11.5 Å². The third-order valence-electron chi connectivity index (χ3n) is 4.88. The molecule has 29 heavy (non-hydrogen) atoms. The SMILES string of the molecule is COc1cccc(C(NCC(O)COc2cc(C)ccc2C)c2nccn2C)c1. The number of methoxy groups -OCH3 is 1. The first kappa shape index (κ1) is 20.9. The number of aliphatic hydroxyl groups excluding tert-OH is 1. The summed E-state index contributed by atoms with van der Waals surface area (Å²) in [6.45, 7) is 4.59. The van der Waals surface area contributed by atoms with E-state index in [1.54, 1.807) is 13.3 Å². The monoisotopic (exact) mass is 395 g/mol. The molecule has 0 aliphatic carbocycles. The number of ether oxygens (including phenoxy) is 2. The topological polar surface area (TPSA) is 68.5 Å². The number of aliphatic hydroxyl groups is 1. The van der Waals surface area contributed by atoms with Crippen molar-refractivity contribution in [2.24, 2.45) is 7.05 Å². The molecule has 0 amide bonds. The molecule has 2 unspecified atom stereocenters. The zero-order valence-electron chi connectivity index (χ0n) is 17.4. The highest BCUT2D eigenvalue weighted by molar-refractivity contribution is 5.36. The normalized spacial score (nSPS) is 13.1. The van der Waals surface area contributed by atoms with Gasteiger partial charge in [0, 0.05) is 26.0 Å². The van der Waals surface area contributed by atoms with E-state index in [1.165, 1.54) is 0 Å².